The van der Waals surface area contributed by atoms with Gasteiger partial charge in [-0.15, -0.1) is 0 Å². The van der Waals surface area contributed by atoms with Gasteiger partial charge in [-0.25, -0.2) is 0 Å². The number of amides is 1. The van der Waals surface area contributed by atoms with Gasteiger partial charge < -0.3 is 0 Å². The Labute approximate surface area is 189 Å². The first-order chi connectivity index (χ1) is 14.5. The summed E-state index contributed by atoms with van der Waals surface area (Å²) in [6.07, 6.45) is 18.5. The first-order valence-corrected chi connectivity index (χ1v) is 11.7. The average Bonchev–Trinajstić information content (AvgIpc) is 3.18. The molecule has 6 heteroatoms. The molecule has 0 atom stereocenters. The van der Waals surface area contributed by atoms with Crippen molar-refractivity contribution in [3.8, 4) is 5.75 Å². The van der Waals surface area contributed by atoms with Gasteiger partial charge in [0.2, 0.25) is 0 Å². The predicted octanol–water partition coefficient (Wildman–Crippen LogP) is 4.13. The molecular weight excluding hydrogens is 546 g/mol. The first-order valence-electron chi connectivity index (χ1n) is 10.2. The van der Waals surface area contributed by atoms with Gasteiger partial charge in [-0.2, -0.15) is 0 Å². The molecule has 1 aliphatic heterocycles. The molecule has 0 radical (unpaired) electrons. The minimum absolute atomic E-state index is 0.0578. The summed E-state index contributed by atoms with van der Waals surface area (Å²) in [5.41, 5.74) is 1.63. The van der Waals surface area contributed by atoms with Gasteiger partial charge in [0.1, 0.15) is 0 Å². The number of fused-ring (bicyclic) bond motifs is 2. The Hall–Kier alpha value is -2.52. The van der Waals surface area contributed by atoms with Crippen LogP contribution >= 0.6 is 0 Å². The van der Waals surface area contributed by atoms with Crippen molar-refractivity contribution in [3.63, 3.8) is 0 Å². The van der Waals surface area contributed by atoms with E-state index in [-0.39, 0.29) is 12.0 Å². The fourth-order valence-electron chi connectivity index (χ4n) is 3.19. The third-order valence-corrected chi connectivity index (χ3v) is 5.72. The fraction of sp³-hybridized carbons (Fsp3) is 0.292. The molecule has 1 aromatic carbocycles. The van der Waals surface area contributed by atoms with Crippen molar-refractivity contribution < 1.29 is 28.9 Å². The van der Waals surface area contributed by atoms with E-state index in [4.69, 9.17) is 4.74 Å². The van der Waals surface area contributed by atoms with Crippen LogP contribution in [0.2, 0.25) is 0 Å². The van der Waals surface area contributed by atoms with Crippen LogP contribution in [0.25, 0.3) is 0 Å². The normalized spacial score (nSPS) is 15.4. The summed E-state index contributed by atoms with van der Waals surface area (Å²) in [7, 11) is 0. The van der Waals surface area contributed by atoms with Gasteiger partial charge in [-0.05, 0) is 13.8 Å². The standard InChI is InChI=1S/C24H27N3O2.W/c1-19(2)29-21-13-12-20-10-6-3-4-9-16-27-17-15-25-23(27)11-7-5-8-14-26-24(28)22(20)18-21;/h3,5-8,12-15,17-19H,4,9-10,16H2,1-2H3,(H,26,28);. The molecule has 0 bridgehead atoms. The molecule has 0 saturated heterocycles. The van der Waals surface area contributed by atoms with Crippen molar-refractivity contribution in [2.75, 3.05) is 0 Å². The monoisotopic (exact) mass is 573 g/mol. The van der Waals surface area contributed by atoms with Gasteiger partial charge in [0.05, 0.1) is 0 Å². The summed E-state index contributed by atoms with van der Waals surface area (Å²) in [6, 6.07) is 5.74. The average molecular weight is 573 g/mol. The Morgan fingerprint density at radius 2 is 2.10 bits per heavy atom. The third-order valence-electron chi connectivity index (χ3n) is 4.58. The third kappa shape index (κ3) is 6.24. The number of aromatic nitrogens is 2. The van der Waals surface area contributed by atoms with Crippen molar-refractivity contribution in [1.29, 1.82) is 0 Å². The van der Waals surface area contributed by atoms with E-state index in [2.05, 4.69) is 27.0 Å². The number of carbonyl (C=O) groups is 1. The molecular formula is C24H27N3O2W. The number of nitrogens with one attached hydrogen (secondary N) is 1. The Kier molecular flexibility index (Phi) is 8.15. The molecule has 156 valence electrons. The number of benzene rings is 1. The van der Waals surface area contributed by atoms with E-state index in [1.165, 1.54) is 19.4 Å². The Balaban J connectivity index is 1.84. The number of hydrogen-bond acceptors (Lipinski definition) is 3. The molecule has 30 heavy (non-hydrogen) atoms. The summed E-state index contributed by atoms with van der Waals surface area (Å²) in [6.45, 7) is 4.89. The van der Waals surface area contributed by atoms with Gasteiger partial charge in [-0.3, -0.25) is 0 Å². The molecule has 0 aliphatic carbocycles. The molecule has 1 amide bonds. The summed E-state index contributed by atoms with van der Waals surface area (Å²) in [5, 5.41) is 2.87. The topological polar surface area (TPSA) is 56.1 Å². The first kappa shape index (κ1) is 22.2. The molecule has 3 rings (SSSR count). The number of nitrogens with zero attached hydrogens (tertiary/aromatic N) is 2. The Bertz CT molecular complexity index is 986. The number of rotatable bonds is 2. The number of aryl methyl sites for hydroxylation is 1. The van der Waals surface area contributed by atoms with E-state index in [1.54, 1.807) is 6.20 Å². The van der Waals surface area contributed by atoms with E-state index >= 15 is 0 Å². The van der Waals surface area contributed by atoms with Crippen LogP contribution in [0.1, 0.15) is 48.4 Å². The van der Waals surface area contributed by atoms with Gasteiger partial charge in [0, 0.05) is 0 Å². The van der Waals surface area contributed by atoms with Crippen LogP contribution in [0, 0.1) is 0 Å². The van der Waals surface area contributed by atoms with Crippen molar-refractivity contribution in [3.05, 3.63) is 84.1 Å². The number of allylic oxidation sites excluding steroid dienone is 5. The number of imidazole rings is 1. The van der Waals surface area contributed by atoms with Gasteiger partial charge in [-0.1, -0.05) is 0 Å². The van der Waals surface area contributed by atoms with Gasteiger partial charge >= 0.3 is 175 Å². The maximum absolute atomic E-state index is 12.8. The van der Waals surface area contributed by atoms with Crippen molar-refractivity contribution >= 4 is 9.81 Å². The zero-order valence-electron chi connectivity index (χ0n) is 17.4. The van der Waals surface area contributed by atoms with Crippen LogP contribution < -0.4 is 10.1 Å². The summed E-state index contributed by atoms with van der Waals surface area (Å²) in [5.74, 6) is 1.58. The van der Waals surface area contributed by atoms with Crippen LogP contribution in [0.5, 0.6) is 5.75 Å². The van der Waals surface area contributed by atoms with E-state index < -0.39 is 0 Å². The molecule has 0 spiro atoms. The van der Waals surface area contributed by atoms with Crippen LogP contribution in [0.3, 0.4) is 0 Å². The van der Waals surface area contributed by atoms with Crippen molar-refractivity contribution in [1.82, 2.24) is 14.9 Å². The van der Waals surface area contributed by atoms with Gasteiger partial charge in [0.25, 0.3) is 0 Å². The quantitative estimate of drug-likeness (QED) is 0.551. The molecule has 2 aromatic rings. The van der Waals surface area contributed by atoms with E-state index in [1.807, 2.05) is 62.7 Å². The predicted molar refractivity (Wildman–Crippen MR) is 116 cm³/mol. The molecule has 0 fully saturated rings. The number of carbonyl (C=O) groups excluding carboxylic acids is 1. The molecule has 1 aliphatic rings. The second kappa shape index (κ2) is 11.0. The molecule has 0 unspecified atom stereocenters. The minimum atomic E-state index is -0.136. The molecule has 2 heterocycles. The van der Waals surface area contributed by atoms with E-state index in [0.29, 0.717) is 17.7 Å². The van der Waals surface area contributed by atoms with Crippen LogP contribution in [-0.2, 0) is 32.3 Å². The van der Waals surface area contributed by atoms with E-state index in [9.17, 15) is 4.79 Å². The number of hydrogen-bond donors (Lipinski definition) is 1. The Morgan fingerprint density at radius 3 is 2.93 bits per heavy atom. The fourth-order valence-corrected chi connectivity index (χ4v) is 4.08. The molecule has 5 nitrogen and oxygen atoms in total. The second-order valence-electron chi connectivity index (χ2n) is 7.30. The summed E-state index contributed by atoms with van der Waals surface area (Å²) < 4.78 is 9.15. The van der Waals surface area contributed by atoms with Crippen LogP contribution in [0.15, 0.2) is 67.2 Å². The Morgan fingerprint density at radius 1 is 1.23 bits per heavy atom. The van der Waals surface area contributed by atoms with Crippen LogP contribution in [-0.4, -0.2) is 25.5 Å². The zero-order valence-corrected chi connectivity index (χ0v) is 20.3. The van der Waals surface area contributed by atoms with E-state index in [0.717, 1.165) is 34.7 Å². The molecule has 0 saturated carbocycles. The van der Waals surface area contributed by atoms with Crippen molar-refractivity contribution in [2.24, 2.45) is 0 Å². The SMILES string of the molecule is CC(C)Oc1ccc2c(c1)C(=O)NC=CC=C[C](=[W])c1nccn1CCCC=CC2. The number of ether oxygens (including phenoxy) is 1. The van der Waals surface area contributed by atoms with Crippen molar-refractivity contribution in [2.45, 2.75) is 45.8 Å². The second-order valence-corrected chi connectivity index (χ2v) is 8.88. The van der Waals surface area contributed by atoms with Gasteiger partial charge in [0.15, 0.2) is 0 Å². The maximum atomic E-state index is 12.8. The molecule has 1 aromatic heterocycles. The summed E-state index contributed by atoms with van der Waals surface area (Å²) in [4.78, 5) is 17.3. The zero-order chi connectivity index (χ0) is 21.3. The molecule has 1 N–H and O–H groups in total. The summed E-state index contributed by atoms with van der Waals surface area (Å²) >= 11 is 1.36. The van der Waals surface area contributed by atoms with Crippen LogP contribution in [0.4, 0.5) is 0 Å².